The summed E-state index contributed by atoms with van der Waals surface area (Å²) in [7, 11) is 0. The second-order valence-electron chi connectivity index (χ2n) is 4.23. The lowest BCUT2D eigenvalue weighted by Crippen LogP contribution is -2.10. The predicted octanol–water partition coefficient (Wildman–Crippen LogP) is 2.97. The molecule has 20 heavy (non-hydrogen) atoms. The number of benzene rings is 1. The van der Waals surface area contributed by atoms with Gasteiger partial charge in [0, 0.05) is 18.8 Å². The molecule has 2 aromatic heterocycles. The van der Waals surface area contributed by atoms with E-state index in [9.17, 15) is 4.39 Å². The summed E-state index contributed by atoms with van der Waals surface area (Å²) in [5.41, 5.74) is 1.44. The summed E-state index contributed by atoms with van der Waals surface area (Å²) in [4.78, 5) is 4.42. The van der Waals surface area contributed by atoms with Crippen LogP contribution in [0.1, 0.15) is 5.82 Å². The molecule has 0 radical (unpaired) electrons. The van der Waals surface area contributed by atoms with Crippen LogP contribution in [0.4, 0.5) is 4.39 Å². The zero-order valence-corrected chi connectivity index (χ0v) is 12.6. The lowest BCUT2D eigenvalue weighted by molar-refractivity contribution is 0.518. The van der Waals surface area contributed by atoms with Crippen molar-refractivity contribution in [3.63, 3.8) is 0 Å². The SMILES string of the molecule is Fc1cc2c(cc1Br)nc(CCl)n2CCn1ccnn1. The molecule has 5 nitrogen and oxygen atoms in total. The highest BCUT2D eigenvalue weighted by Crippen LogP contribution is 2.24. The van der Waals surface area contributed by atoms with Gasteiger partial charge in [-0.3, -0.25) is 4.68 Å². The first-order valence-electron chi connectivity index (χ1n) is 5.93. The number of nitrogens with zero attached hydrogens (tertiary/aromatic N) is 5. The lowest BCUT2D eigenvalue weighted by atomic mass is 10.3. The van der Waals surface area contributed by atoms with Crippen molar-refractivity contribution in [2.75, 3.05) is 0 Å². The van der Waals surface area contributed by atoms with Crippen LogP contribution < -0.4 is 0 Å². The molecule has 0 N–H and O–H groups in total. The molecule has 0 spiro atoms. The van der Waals surface area contributed by atoms with Crippen molar-refractivity contribution in [1.29, 1.82) is 0 Å². The van der Waals surface area contributed by atoms with Crippen molar-refractivity contribution in [3.05, 3.63) is 40.6 Å². The Morgan fingerprint density at radius 2 is 2.15 bits per heavy atom. The average molecular weight is 359 g/mol. The molecule has 8 heteroatoms. The zero-order valence-electron chi connectivity index (χ0n) is 10.3. The molecule has 104 valence electrons. The van der Waals surface area contributed by atoms with Gasteiger partial charge in [0.25, 0.3) is 0 Å². The second kappa shape index (κ2) is 5.49. The van der Waals surface area contributed by atoms with Crippen LogP contribution in [0, 0.1) is 5.82 Å². The Labute approximate surface area is 127 Å². The van der Waals surface area contributed by atoms with E-state index >= 15 is 0 Å². The number of alkyl halides is 1. The Hall–Kier alpha value is -1.47. The van der Waals surface area contributed by atoms with E-state index in [1.54, 1.807) is 23.1 Å². The van der Waals surface area contributed by atoms with Crippen molar-refractivity contribution in [2.45, 2.75) is 19.0 Å². The van der Waals surface area contributed by atoms with Gasteiger partial charge in [0.05, 0.1) is 34.1 Å². The van der Waals surface area contributed by atoms with Gasteiger partial charge in [-0.05, 0) is 22.0 Å². The maximum absolute atomic E-state index is 13.7. The number of aryl methyl sites for hydroxylation is 2. The summed E-state index contributed by atoms with van der Waals surface area (Å²) in [6, 6.07) is 3.12. The first kappa shape index (κ1) is 13.5. The summed E-state index contributed by atoms with van der Waals surface area (Å²) >= 11 is 9.08. The van der Waals surface area contributed by atoms with E-state index in [4.69, 9.17) is 11.6 Å². The lowest BCUT2D eigenvalue weighted by Gasteiger charge is -2.07. The first-order valence-corrected chi connectivity index (χ1v) is 7.26. The van der Waals surface area contributed by atoms with Crippen LogP contribution >= 0.6 is 27.5 Å². The van der Waals surface area contributed by atoms with Crippen molar-refractivity contribution >= 4 is 38.6 Å². The second-order valence-corrected chi connectivity index (χ2v) is 5.36. The fourth-order valence-electron chi connectivity index (χ4n) is 2.08. The van der Waals surface area contributed by atoms with E-state index in [1.165, 1.54) is 6.07 Å². The smallest absolute Gasteiger partial charge is 0.139 e. The third-order valence-electron chi connectivity index (χ3n) is 3.01. The molecule has 0 aliphatic rings. The highest BCUT2D eigenvalue weighted by molar-refractivity contribution is 9.10. The van der Waals surface area contributed by atoms with Gasteiger partial charge in [0.1, 0.15) is 11.6 Å². The molecule has 0 aliphatic heterocycles. The summed E-state index contributed by atoms with van der Waals surface area (Å²) in [6.07, 6.45) is 3.39. The quantitative estimate of drug-likeness (QED) is 0.674. The maximum Gasteiger partial charge on any atom is 0.139 e. The molecule has 0 bridgehead atoms. The molecular weight excluding hydrogens is 349 g/mol. The molecule has 0 atom stereocenters. The van der Waals surface area contributed by atoms with Gasteiger partial charge in [-0.25, -0.2) is 9.37 Å². The normalized spacial score (nSPS) is 11.3. The first-order chi connectivity index (χ1) is 9.69. The third-order valence-corrected chi connectivity index (χ3v) is 3.86. The number of imidazole rings is 1. The Balaban J connectivity index is 2.01. The van der Waals surface area contributed by atoms with Crippen molar-refractivity contribution in [3.8, 4) is 0 Å². The predicted molar refractivity (Wildman–Crippen MR) is 77.0 cm³/mol. The summed E-state index contributed by atoms with van der Waals surface area (Å²) in [6.45, 7) is 1.22. The molecule has 3 aromatic rings. The molecular formula is C12H10BrClFN5. The fourth-order valence-corrected chi connectivity index (χ4v) is 2.61. The minimum atomic E-state index is -0.319. The molecule has 0 amide bonds. The Kier molecular flexibility index (Phi) is 3.71. The van der Waals surface area contributed by atoms with Crippen LogP contribution in [-0.2, 0) is 19.0 Å². The molecule has 0 saturated carbocycles. The van der Waals surface area contributed by atoms with Crippen molar-refractivity contribution < 1.29 is 4.39 Å². The van der Waals surface area contributed by atoms with Crippen LogP contribution in [0.5, 0.6) is 0 Å². The van der Waals surface area contributed by atoms with E-state index in [2.05, 4.69) is 31.2 Å². The number of hydrogen-bond acceptors (Lipinski definition) is 3. The van der Waals surface area contributed by atoms with Crippen molar-refractivity contribution in [1.82, 2.24) is 24.5 Å². The Morgan fingerprint density at radius 3 is 2.85 bits per heavy atom. The molecule has 0 unspecified atom stereocenters. The minimum Gasteiger partial charge on any atom is -0.325 e. The largest absolute Gasteiger partial charge is 0.325 e. The molecule has 0 saturated heterocycles. The minimum absolute atomic E-state index is 0.269. The summed E-state index contributed by atoms with van der Waals surface area (Å²) < 4.78 is 17.7. The van der Waals surface area contributed by atoms with Gasteiger partial charge < -0.3 is 4.57 Å². The van der Waals surface area contributed by atoms with E-state index in [1.807, 2.05) is 4.57 Å². The number of fused-ring (bicyclic) bond motifs is 1. The van der Waals surface area contributed by atoms with E-state index in [0.717, 1.165) is 5.52 Å². The molecule has 0 aliphatic carbocycles. The van der Waals surface area contributed by atoms with Crippen LogP contribution in [0.2, 0.25) is 0 Å². The van der Waals surface area contributed by atoms with Gasteiger partial charge in [0.15, 0.2) is 0 Å². The molecule has 1 aromatic carbocycles. The number of halogens is 3. The molecule has 3 rings (SSSR count). The Bertz CT molecular complexity index is 740. The number of rotatable bonds is 4. The van der Waals surface area contributed by atoms with Crippen LogP contribution in [0.3, 0.4) is 0 Å². The zero-order chi connectivity index (χ0) is 14.1. The topological polar surface area (TPSA) is 48.5 Å². The maximum atomic E-state index is 13.7. The third kappa shape index (κ3) is 2.43. The molecule has 0 fully saturated rings. The van der Waals surface area contributed by atoms with E-state index < -0.39 is 0 Å². The van der Waals surface area contributed by atoms with E-state index in [0.29, 0.717) is 28.9 Å². The van der Waals surface area contributed by atoms with Gasteiger partial charge in [-0.15, -0.1) is 16.7 Å². The number of aromatic nitrogens is 5. The summed E-state index contributed by atoms with van der Waals surface area (Å²) in [5, 5.41) is 7.65. The van der Waals surface area contributed by atoms with Crippen LogP contribution in [-0.4, -0.2) is 24.5 Å². The molecule has 2 heterocycles. The number of hydrogen-bond donors (Lipinski definition) is 0. The van der Waals surface area contributed by atoms with Gasteiger partial charge in [-0.1, -0.05) is 5.21 Å². The summed E-state index contributed by atoms with van der Waals surface area (Å²) in [5.74, 6) is 0.658. The highest BCUT2D eigenvalue weighted by atomic mass is 79.9. The average Bonchev–Trinajstić information content (AvgIpc) is 3.05. The fraction of sp³-hybridized carbons (Fsp3) is 0.250. The monoisotopic (exact) mass is 357 g/mol. The Morgan fingerprint density at radius 1 is 1.30 bits per heavy atom. The standard InChI is InChI=1S/C12H10BrClFN5/c13-8-5-10-11(6-9(8)15)20(12(7-14)17-10)4-3-19-2-1-16-18-19/h1-2,5-6H,3-4,7H2. The van der Waals surface area contributed by atoms with Gasteiger partial charge in [0.2, 0.25) is 0 Å². The highest BCUT2D eigenvalue weighted by Gasteiger charge is 2.13. The van der Waals surface area contributed by atoms with Gasteiger partial charge >= 0.3 is 0 Å². The van der Waals surface area contributed by atoms with Crippen LogP contribution in [0.15, 0.2) is 29.0 Å². The van der Waals surface area contributed by atoms with Crippen LogP contribution in [0.25, 0.3) is 11.0 Å². The van der Waals surface area contributed by atoms with Gasteiger partial charge in [-0.2, -0.15) is 0 Å². The van der Waals surface area contributed by atoms with Crippen molar-refractivity contribution in [2.24, 2.45) is 0 Å². The van der Waals surface area contributed by atoms with E-state index in [-0.39, 0.29) is 11.7 Å².